The molecule has 0 aliphatic heterocycles. The summed E-state index contributed by atoms with van der Waals surface area (Å²) in [5, 5.41) is 12.3. The molecule has 1 N–H and O–H groups in total. The number of aryl methyl sites for hydroxylation is 1. The molecule has 2 rings (SSSR count). The van der Waals surface area contributed by atoms with E-state index < -0.39 is 0 Å². The largest absolute Gasteiger partial charge is 0.380 e. The van der Waals surface area contributed by atoms with Crippen molar-refractivity contribution in [3.8, 4) is 6.07 Å². The van der Waals surface area contributed by atoms with Crippen molar-refractivity contribution in [2.45, 2.75) is 6.54 Å². The Morgan fingerprint density at radius 3 is 2.83 bits per heavy atom. The van der Waals surface area contributed by atoms with Gasteiger partial charge in [0.1, 0.15) is 17.6 Å². The van der Waals surface area contributed by atoms with E-state index in [4.69, 9.17) is 16.9 Å². The monoisotopic (exact) mass is 263 g/mol. The van der Waals surface area contributed by atoms with Crippen LogP contribution in [0.4, 0.5) is 10.1 Å². The summed E-state index contributed by atoms with van der Waals surface area (Å²) in [5.41, 5.74) is 2.23. The van der Waals surface area contributed by atoms with Gasteiger partial charge in [-0.25, -0.2) is 4.39 Å². The Morgan fingerprint density at radius 1 is 1.44 bits per heavy atom. The summed E-state index contributed by atoms with van der Waals surface area (Å²) in [7, 11) is 1.81. The molecule has 0 aliphatic rings. The molecule has 0 atom stereocenters. The molecule has 2 aromatic rings. The predicted molar refractivity (Wildman–Crippen MR) is 68.9 cm³/mol. The molecule has 1 heterocycles. The highest BCUT2D eigenvalue weighted by Gasteiger charge is 2.04. The maximum Gasteiger partial charge on any atom is 0.124 e. The van der Waals surface area contributed by atoms with Crippen LogP contribution in [0.15, 0.2) is 30.5 Å². The number of nitrogens with zero attached hydrogens (tertiary/aromatic N) is 2. The van der Waals surface area contributed by atoms with Crippen molar-refractivity contribution in [1.82, 2.24) is 4.57 Å². The average molecular weight is 264 g/mol. The van der Waals surface area contributed by atoms with E-state index >= 15 is 0 Å². The van der Waals surface area contributed by atoms with Crippen LogP contribution in [0.5, 0.6) is 0 Å². The number of rotatable bonds is 3. The van der Waals surface area contributed by atoms with Gasteiger partial charge in [-0.15, -0.1) is 0 Å². The highest BCUT2D eigenvalue weighted by atomic mass is 35.5. The summed E-state index contributed by atoms with van der Waals surface area (Å²) >= 11 is 5.90. The summed E-state index contributed by atoms with van der Waals surface area (Å²) < 4.78 is 14.6. The first kappa shape index (κ1) is 12.5. The topological polar surface area (TPSA) is 40.8 Å². The first-order valence-corrected chi connectivity index (χ1v) is 5.72. The minimum Gasteiger partial charge on any atom is -0.380 e. The molecule has 0 unspecified atom stereocenters. The van der Waals surface area contributed by atoms with Crippen LogP contribution in [-0.2, 0) is 13.6 Å². The summed E-state index contributed by atoms with van der Waals surface area (Å²) in [6.45, 7) is 0.529. The average Bonchev–Trinajstić information content (AvgIpc) is 2.69. The molecule has 1 aromatic heterocycles. The number of anilines is 1. The lowest BCUT2D eigenvalue weighted by atomic mass is 10.2. The molecule has 0 fully saturated rings. The van der Waals surface area contributed by atoms with Crippen LogP contribution in [0.25, 0.3) is 0 Å². The number of halogens is 2. The smallest absolute Gasteiger partial charge is 0.124 e. The maximum atomic E-state index is 12.9. The Balaban J connectivity index is 2.09. The van der Waals surface area contributed by atoms with E-state index in [1.165, 1.54) is 12.1 Å². The van der Waals surface area contributed by atoms with Crippen LogP contribution in [0.3, 0.4) is 0 Å². The molecule has 0 spiro atoms. The molecule has 18 heavy (non-hydrogen) atoms. The van der Waals surface area contributed by atoms with E-state index in [9.17, 15) is 4.39 Å². The molecule has 92 valence electrons. The molecular formula is C13H11ClFN3. The van der Waals surface area contributed by atoms with Crippen LogP contribution in [0.1, 0.15) is 11.3 Å². The van der Waals surface area contributed by atoms with Gasteiger partial charge in [0.05, 0.1) is 10.7 Å². The standard InChI is InChI=1S/C13H11ClFN3/c1-18-8-9(4-11(18)6-16)7-17-13-3-2-10(15)5-12(13)14/h2-5,8,17H,7H2,1H3. The number of nitriles is 1. The van der Waals surface area contributed by atoms with Crippen molar-refractivity contribution in [1.29, 1.82) is 5.26 Å². The lowest BCUT2D eigenvalue weighted by Crippen LogP contribution is -1.99. The zero-order valence-electron chi connectivity index (χ0n) is 9.74. The van der Waals surface area contributed by atoms with E-state index in [1.54, 1.807) is 16.7 Å². The summed E-state index contributed by atoms with van der Waals surface area (Å²) in [5.74, 6) is -0.364. The fourth-order valence-electron chi connectivity index (χ4n) is 1.67. The Hall–Kier alpha value is -1.99. The van der Waals surface area contributed by atoms with Gasteiger partial charge in [0.15, 0.2) is 0 Å². The van der Waals surface area contributed by atoms with E-state index in [1.807, 2.05) is 13.2 Å². The third-order valence-corrected chi connectivity index (χ3v) is 2.90. The van der Waals surface area contributed by atoms with E-state index in [-0.39, 0.29) is 5.82 Å². The normalized spacial score (nSPS) is 10.1. The van der Waals surface area contributed by atoms with Gasteiger partial charge < -0.3 is 9.88 Å². The van der Waals surface area contributed by atoms with Crippen molar-refractivity contribution in [2.24, 2.45) is 7.05 Å². The van der Waals surface area contributed by atoms with Gasteiger partial charge in [-0.05, 0) is 29.8 Å². The minimum absolute atomic E-state index is 0.339. The highest BCUT2D eigenvalue weighted by Crippen LogP contribution is 2.23. The van der Waals surface area contributed by atoms with Crippen molar-refractivity contribution in [2.75, 3.05) is 5.32 Å². The number of aromatic nitrogens is 1. The Labute approximate surface area is 109 Å². The van der Waals surface area contributed by atoms with Gasteiger partial charge >= 0.3 is 0 Å². The zero-order chi connectivity index (χ0) is 13.1. The van der Waals surface area contributed by atoms with Crippen LogP contribution in [-0.4, -0.2) is 4.57 Å². The molecule has 0 bridgehead atoms. The molecular weight excluding hydrogens is 253 g/mol. The molecule has 0 saturated heterocycles. The van der Waals surface area contributed by atoms with Crippen molar-refractivity contribution in [3.05, 3.63) is 52.6 Å². The Kier molecular flexibility index (Phi) is 3.54. The van der Waals surface area contributed by atoms with Crippen LogP contribution in [0.2, 0.25) is 5.02 Å². The van der Waals surface area contributed by atoms with Crippen LogP contribution >= 0.6 is 11.6 Å². The molecule has 0 amide bonds. The van der Waals surface area contributed by atoms with Gasteiger partial charge in [0.25, 0.3) is 0 Å². The summed E-state index contributed by atoms with van der Waals surface area (Å²) in [6.07, 6.45) is 1.86. The number of benzene rings is 1. The molecule has 0 saturated carbocycles. The lowest BCUT2D eigenvalue weighted by molar-refractivity contribution is 0.628. The lowest BCUT2D eigenvalue weighted by Gasteiger charge is -2.06. The quantitative estimate of drug-likeness (QED) is 0.923. The Bertz CT molecular complexity index is 613. The summed E-state index contributed by atoms with van der Waals surface area (Å²) in [6, 6.07) is 8.08. The first-order valence-electron chi connectivity index (χ1n) is 5.34. The van der Waals surface area contributed by atoms with Gasteiger partial charge in [-0.2, -0.15) is 5.26 Å². The third kappa shape index (κ3) is 2.63. The van der Waals surface area contributed by atoms with Crippen LogP contribution in [0, 0.1) is 17.1 Å². The van der Waals surface area contributed by atoms with E-state index in [0.29, 0.717) is 22.9 Å². The van der Waals surface area contributed by atoms with Gasteiger partial charge in [0, 0.05) is 19.8 Å². The first-order chi connectivity index (χ1) is 8.60. The molecule has 3 nitrogen and oxygen atoms in total. The number of hydrogen-bond acceptors (Lipinski definition) is 2. The van der Waals surface area contributed by atoms with Crippen molar-refractivity contribution < 1.29 is 4.39 Å². The fourth-order valence-corrected chi connectivity index (χ4v) is 1.90. The van der Waals surface area contributed by atoms with Crippen molar-refractivity contribution >= 4 is 17.3 Å². The maximum absolute atomic E-state index is 12.9. The van der Waals surface area contributed by atoms with E-state index in [0.717, 1.165) is 5.56 Å². The van der Waals surface area contributed by atoms with E-state index in [2.05, 4.69) is 11.4 Å². The van der Waals surface area contributed by atoms with Crippen LogP contribution < -0.4 is 5.32 Å². The molecule has 0 aliphatic carbocycles. The predicted octanol–water partition coefficient (Wildman–Crippen LogP) is 3.30. The minimum atomic E-state index is -0.364. The number of hydrogen-bond donors (Lipinski definition) is 1. The zero-order valence-corrected chi connectivity index (χ0v) is 10.5. The molecule has 5 heteroatoms. The SMILES string of the molecule is Cn1cc(CNc2ccc(F)cc2Cl)cc1C#N. The molecule has 0 radical (unpaired) electrons. The van der Waals surface area contributed by atoms with Crippen molar-refractivity contribution in [3.63, 3.8) is 0 Å². The Morgan fingerprint density at radius 2 is 2.22 bits per heavy atom. The second-order valence-electron chi connectivity index (χ2n) is 3.93. The van der Waals surface area contributed by atoms with Gasteiger partial charge in [-0.1, -0.05) is 11.6 Å². The highest BCUT2D eigenvalue weighted by molar-refractivity contribution is 6.33. The third-order valence-electron chi connectivity index (χ3n) is 2.59. The fraction of sp³-hybridized carbons (Fsp3) is 0.154. The second kappa shape index (κ2) is 5.11. The number of nitrogens with one attached hydrogen (secondary N) is 1. The molecule has 1 aromatic carbocycles. The van der Waals surface area contributed by atoms with Gasteiger partial charge in [-0.3, -0.25) is 0 Å². The summed E-state index contributed by atoms with van der Waals surface area (Å²) in [4.78, 5) is 0. The second-order valence-corrected chi connectivity index (χ2v) is 4.34. The van der Waals surface area contributed by atoms with Gasteiger partial charge in [0.2, 0.25) is 0 Å².